The zero-order valence-electron chi connectivity index (χ0n) is 18.4. The van der Waals surface area contributed by atoms with E-state index in [1.165, 1.54) is 18.5 Å². The minimum atomic E-state index is -4.67. The first-order chi connectivity index (χ1) is 16.6. The number of nitrogens with one attached hydrogen (secondary N) is 1. The van der Waals surface area contributed by atoms with Gasteiger partial charge in [-0.15, -0.1) is 0 Å². The lowest BCUT2D eigenvalue weighted by molar-refractivity contribution is -0.142. The molecule has 0 spiro atoms. The number of aliphatic hydroxyl groups excluding tert-OH is 2. The van der Waals surface area contributed by atoms with Crippen LogP contribution in [0, 0.1) is 0 Å². The van der Waals surface area contributed by atoms with E-state index in [9.17, 15) is 29.3 Å². The quantitative estimate of drug-likeness (QED) is 0.219. The first kappa shape index (κ1) is 25.1. The van der Waals surface area contributed by atoms with Crippen molar-refractivity contribution in [3.05, 3.63) is 52.6 Å². The Hall–Kier alpha value is -2.97. The molecule has 1 saturated heterocycles. The molecule has 2 aromatic rings. The standard InChI is InChI=1S/C20H24N5O9P/c1-32-19(28)15(11-8-22-12-5-3-2-4-10(11)12)24-35(30,31)33-9-13-16(26)17(27)18(34-13)25-7-6-14(21)23-20(25)29/h2-8,11,13,15-18,26-27H,9H2,1H3,(H2,21,23,29)(H2,24,30,31)/t11?,13-,15+,16-,17+,18-/m1/s1. The van der Waals surface area contributed by atoms with Gasteiger partial charge in [-0.3, -0.25) is 18.9 Å². The summed E-state index contributed by atoms with van der Waals surface area (Å²) in [5.74, 6) is -1.56. The molecule has 15 heteroatoms. The molecule has 3 heterocycles. The zero-order chi connectivity index (χ0) is 25.3. The molecule has 0 saturated carbocycles. The second kappa shape index (κ2) is 9.95. The van der Waals surface area contributed by atoms with Crippen LogP contribution in [0.25, 0.3) is 0 Å². The molecule has 2 unspecified atom stereocenters. The number of hydrogen-bond acceptors (Lipinski definition) is 11. The molecule has 0 amide bonds. The lowest BCUT2D eigenvalue weighted by Gasteiger charge is -2.25. The van der Waals surface area contributed by atoms with Crippen LogP contribution >= 0.6 is 7.75 Å². The largest absolute Gasteiger partial charge is 0.468 e. The van der Waals surface area contributed by atoms with Gasteiger partial charge in [0.1, 0.15) is 30.2 Å². The lowest BCUT2D eigenvalue weighted by atomic mass is 9.94. The Bertz CT molecular complexity index is 1240. The average molecular weight is 509 g/mol. The van der Waals surface area contributed by atoms with Crippen molar-refractivity contribution in [2.24, 2.45) is 4.99 Å². The third kappa shape index (κ3) is 5.18. The molecule has 7 atom stereocenters. The van der Waals surface area contributed by atoms with Crippen molar-refractivity contribution in [1.29, 1.82) is 0 Å². The molecular weight excluding hydrogens is 485 g/mol. The summed E-state index contributed by atoms with van der Waals surface area (Å²) < 4.78 is 29.1. The Kier molecular flexibility index (Phi) is 7.15. The van der Waals surface area contributed by atoms with Gasteiger partial charge in [-0.2, -0.15) is 4.98 Å². The van der Waals surface area contributed by atoms with Crippen molar-refractivity contribution in [3.63, 3.8) is 0 Å². The molecule has 2 aliphatic rings. The fourth-order valence-corrected chi connectivity index (χ4v) is 4.94. The zero-order valence-corrected chi connectivity index (χ0v) is 19.3. The normalized spacial score (nSPS) is 27.8. The van der Waals surface area contributed by atoms with Gasteiger partial charge in [0, 0.05) is 18.3 Å². The topological polar surface area (TPSA) is 208 Å². The van der Waals surface area contributed by atoms with Gasteiger partial charge in [-0.1, -0.05) is 18.2 Å². The van der Waals surface area contributed by atoms with Crippen molar-refractivity contribution in [2.45, 2.75) is 36.5 Å². The molecule has 0 radical (unpaired) electrons. The van der Waals surface area contributed by atoms with Crippen LogP contribution in [0.15, 0.2) is 46.3 Å². The number of esters is 1. The van der Waals surface area contributed by atoms with Crippen LogP contribution in [0.1, 0.15) is 17.7 Å². The van der Waals surface area contributed by atoms with Crippen LogP contribution in [-0.2, 0) is 23.4 Å². The second-order valence-corrected chi connectivity index (χ2v) is 9.45. The molecule has 188 valence electrons. The maximum absolute atomic E-state index is 12.8. The van der Waals surface area contributed by atoms with Crippen LogP contribution in [0.5, 0.6) is 0 Å². The molecule has 1 aromatic carbocycles. The van der Waals surface area contributed by atoms with E-state index in [1.54, 1.807) is 24.3 Å². The number of aromatic nitrogens is 2. The average Bonchev–Trinajstić information content (AvgIpc) is 3.37. The van der Waals surface area contributed by atoms with Gasteiger partial charge < -0.3 is 30.3 Å². The molecule has 2 aliphatic heterocycles. The summed E-state index contributed by atoms with van der Waals surface area (Å²) in [5.41, 5.74) is 5.89. The minimum absolute atomic E-state index is 0.0402. The predicted octanol–water partition coefficient (Wildman–Crippen LogP) is -0.807. The van der Waals surface area contributed by atoms with Gasteiger partial charge in [0.25, 0.3) is 0 Å². The number of fused-ring (bicyclic) bond motifs is 1. The lowest BCUT2D eigenvalue weighted by Crippen LogP contribution is -2.41. The summed E-state index contributed by atoms with van der Waals surface area (Å²) in [6.07, 6.45) is -3.05. The smallest absolute Gasteiger partial charge is 0.403 e. The summed E-state index contributed by atoms with van der Waals surface area (Å²) in [6, 6.07) is 6.96. The van der Waals surface area contributed by atoms with E-state index in [4.69, 9.17) is 19.7 Å². The molecule has 1 fully saturated rings. The summed E-state index contributed by atoms with van der Waals surface area (Å²) in [5, 5.41) is 22.9. The van der Waals surface area contributed by atoms with Gasteiger partial charge in [-0.25, -0.2) is 14.4 Å². The maximum atomic E-state index is 12.8. The van der Waals surface area contributed by atoms with E-state index in [2.05, 4.69) is 15.1 Å². The first-order valence-corrected chi connectivity index (χ1v) is 12.0. The summed E-state index contributed by atoms with van der Waals surface area (Å²) in [6.45, 7) is -0.657. The number of nitrogens with zero attached hydrogens (tertiary/aromatic N) is 3. The number of nitrogen functional groups attached to an aromatic ring is 1. The predicted molar refractivity (Wildman–Crippen MR) is 121 cm³/mol. The SMILES string of the molecule is COC(=O)[C@@H](NP(=O)(O)OC[C@H]1O[C@@H](n2ccc(N)nc2=O)[C@@H](O)[C@@H]1O)C1C=Nc2ccccc21. The molecule has 0 aliphatic carbocycles. The molecule has 0 bridgehead atoms. The van der Waals surface area contributed by atoms with Gasteiger partial charge in [0.05, 0.1) is 19.4 Å². The van der Waals surface area contributed by atoms with E-state index >= 15 is 0 Å². The Balaban J connectivity index is 1.45. The Labute approximate surface area is 198 Å². The highest BCUT2D eigenvalue weighted by atomic mass is 31.2. The van der Waals surface area contributed by atoms with Crippen molar-refractivity contribution in [2.75, 3.05) is 19.5 Å². The summed E-state index contributed by atoms with van der Waals surface area (Å²) in [4.78, 5) is 42.6. The number of methoxy groups -OCH3 is 1. The van der Waals surface area contributed by atoms with E-state index in [0.29, 0.717) is 11.3 Å². The number of para-hydroxylation sites is 1. The number of anilines is 1. The summed E-state index contributed by atoms with van der Waals surface area (Å²) in [7, 11) is -3.53. The highest BCUT2D eigenvalue weighted by Crippen LogP contribution is 2.43. The number of aliphatic imine (C=N–C) groups is 1. The number of rotatable bonds is 8. The number of benzene rings is 1. The number of carbonyl (C=O) groups is 1. The van der Waals surface area contributed by atoms with Gasteiger partial charge in [-0.05, 0) is 17.7 Å². The van der Waals surface area contributed by atoms with Crippen molar-refractivity contribution in [3.8, 4) is 0 Å². The third-order valence-corrected chi connectivity index (χ3v) is 6.77. The van der Waals surface area contributed by atoms with E-state index in [0.717, 1.165) is 11.7 Å². The molecule has 6 N–H and O–H groups in total. The summed E-state index contributed by atoms with van der Waals surface area (Å²) >= 11 is 0. The fourth-order valence-electron chi connectivity index (χ4n) is 3.90. The molecule has 1 aromatic heterocycles. The van der Waals surface area contributed by atoms with Gasteiger partial charge >= 0.3 is 19.4 Å². The van der Waals surface area contributed by atoms with Gasteiger partial charge in [0.15, 0.2) is 6.23 Å². The van der Waals surface area contributed by atoms with Crippen LogP contribution in [0.3, 0.4) is 0 Å². The number of nitrogens with two attached hydrogens (primary N) is 1. The second-order valence-electron chi connectivity index (χ2n) is 7.90. The minimum Gasteiger partial charge on any atom is -0.468 e. The van der Waals surface area contributed by atoms with Crippen LogP contribution in [-0.4, -0.2) is 74.9 Å². The van der Waals surface area contributed by atoms with E-state index in [1.807, 2.05) is 0 Å². The highest BCUT2D eigenvalue weighted by molar-refractivity contribution is 7.50. The highest BCUT2D eigenvalue weighted by Gasteiger charge is 2.46. The van der Waals surface area contributed by atoms with Crippen molar-refractivity contribution >= 4 is 31.4 Å². The number of ether oxygens (including phenoxy) is 2. The monoisotopic (exact) mass is 509 g/mol. The maximum Gasteiger partial charge on any atom is 0.403 e. The third-order valence-electron chi connectivity index (χ3n) is 5.66. The first-order valence-electron chi connectivity index (χ1n) is 10.4. The molecule has 4 rings (SSSR count). The molecule has 14 nitrogen and oxygen atoms in total. The fraction of sp³-hybridized carbons (Fsp3) is 0.400. The van der Waals surface area contributed by atoms with Crippen LogP contribution in [0.4, 0.5) is 11.5 Å². The van der Waals surface area contributed by atoms with Crippen LogP contribution in [0.2, 0.25) is 0 Å². The van der Waals surface area contributed by atoms with E-state index < -0.39 is 62.5 Å². The van der Waals surface area contributed by atoms with Crippen LogP contribution < -0.4 is 16.5 Å². The van der Waals surface area contributed by atoms with Crippen molar-refractivity contribution < 1.29 is 38.5 Å². The number of carbonyl (C=O) groups excluding carboxylic acids is 1. The number of hydrogen-bond donors (Lipinski definition) is 5. The number of aliphatic hydroxyl groups is 2. The molecular formula is C20H24N5O9P. The van der Waals surface area contributed by atoms with Crippen molar-refractivity contribution in [1.82, 2.24) is 14.6 Å². The van der Waals surface area contributed by atoms with Gasteiger partial charge in [0.2, 0.25) is 0 Å². The van der Waals surface area contributed by atoms with E-state index in [-0.39, 0.29) is 5.82 Å². The molecule has 35 heavy (non-hydrogen) atoms. The Morgan fingerprint density at radius 2 is 2.06 bits per heavy atom. The Morgan fingerprint density at radius 1 is 1.31 bits per heavy atom. The Morgan fingerprint density at radius 3 is 2.77 bits per heavy atom.